The maximum Gasteiger partial charge on any atom is 0.334 e. The lowest BCUT2D eigenvalue weighted by Crippen LogP contribution is -2.34. The van der Waals surface area contributed by atoms with Crippen molar-refractivity contribution in [3.05, 3.63) is 68.4 Å². The third-order valence-corrected chi connectivity index (χ3v) is 5.44. The molecule has 0 aliphatic carbocycles. The standard InChI is InChI=1S/C23H25NO5/c1-6-10-24-13(3)19(15(5)25)21(20(14(24)4)23(27)28)17-9-7-8-16-18(26)11-12(2)29-22(16)17/h7-9,11,21H,6,10H2,1-5H3,(H,27,28)/t21-/m1/s1. The number of nitrogens with zero attached hydrogens (tertiary/aromatic N) is 1. The van der Waals surface area contributed by atoms with Crippen LogP contribution in [0.3, 0.4) is 0 Å². The summed E-state index contributed by atoms with van der Waals surface area (Å²) in [5.74, 6) is -1.67. The Balaban J connectivity index is 2.42. The van der Waals surface area contributed by atoms with Gasteiger partial charge in [-0.05, 0) is 40.2 Å². The number of ketones is 1. The van der Waals surface area contributed by atoms with Crippen molar-refractivity contribution in [3.63, 3.8) is 0 Å². The van der Waals surface area contributed by atoms with Gasteiger partial charge in [-0.1, -0.05) is 19.1 Å². The van der Waals surface area contributed by atoms with Crippen LogP contribution in [-0.2, 0) is 9.59 Å². The van der Waals surface area contributed by atoms with Crippen LogP contribution in [0.15, 0.2) is 56.0 Å². The van der Waals surface area contributed by atoms with Crippen LogP contribution in [0.1, 0.15) is 51.4 Å². The fourth-order valence-corrected chi connectivity index (χ4v) is 4.25. The molecule has 1 aliphatic heterocycles. The summed E-state index contributed by atoms with van der Waals surface area (Å²) in [5.41, 5.74) is 2.52. The van der Waals surface area contributed by atoms with Crippen molar-refractivity contribution in [2.45, 2.75) is 47.0 Å². The lowest BCUT2D eigenvalue weighted by atomic mass is 9.78. The number of benzene rings is 1. The number of allylic oxidation sites excluding steroid dienone is 3. The number of fused-ring (bicyclic) bond motifs is 1. The van der Waals surface area contributed by atoms with E-state index in [9.17, 15) is 19.5 Å². The Kier molecular flexibility index (Phi) is 5.46. The second-order valence-electron chi connectivity index (χ2n) is 7.39. The van der Waals surface area contributed by atoms with Gasteiger partial charge in [0.1, 0.15) is 11.3 Å². The van der Waals surface area contributed by atoms with Crippen LogP contribution in [0.5, 0.6) is 0 Å². The van der Waals surface area contributed by atoms with Gasteiger partial charge in [-0.15, -0.1) is 0 Å². The molecule has 0 amide bonds. The second-order valence-corrected chi connectivity index (χ2v) is 7.39. The molecule has 29 heavy (non-hydrogen) atoms. The highest BCUT2D eigenvalue weighted by Crippen LogP contribution is 2.44. The fourth-order valence-electron chi connectivity index (χ4n) is 4.25. The predicted octanol–water partition coefficient (Wildman–Crippen LogP) is 4.13. The molecule has 6 heteroatoms. The molecule has 0 bridgehead atoms. The van der Waals surface area contributed by atoms with Crippen molar-refractivity contribution in [1.82, 2.24) is 4.90 Å². The van der Waals surface area contributed by atoms with Crippen molar-refractivity contribution >= 4 is 22.7 Å². The normalized spacial score (nSPS) is 17.3. The first-order valence-corrected chi connectivity index (χ1v) is 9.65. The zero-order chi connectivity index (χ0) is 21.5. The summed E-state index contributed by atoms with van der Waals surface area (Å²) in [4.78, 5) is 39.4. The molecule has 1 aromatic carbocycles. The van der Waals surface area contributed by atoms with Crippen molar-refractivity contribution in [2.75, 3.05) is 6.54 Å². The summed E-state index contributed by atoms with van der Waals surface area (Å²) in [6.07, 6.45) is 0.805. The van der Waals surface area contributed by atoms with Crippen LogP contribution in [0.25, 0.3) is 11.0 Å². The molecule has 1 atom stereocenters. The first-order chi connectivity index (χ1) is 13.7. The Morgan fingerprint density at radius 3 is 2.38 bits per heavy atom. The SMILES string of the molecule is CCCN1C(C)=C(C(C)=O)[C@@H](c2cccc3c(=O)cc(C)oc23)C(C(=O)O)=C1C. The van der Waals surface area contributed by atoms with Gasteiger partial charge in [0.2, 0.25) is 0 Å². The quantitative estimate of drug-likeness (QED) is 0.819. The van der Waals surface area contributed by atoms with Crippen LogP contribution in [0.2, 0.25) is 0 Å². The highest BCUT2D eigenvalue weighted by molar-refractivity contribution is 6.02. The van der Waals surface area contributed by atoms with Crippen molar-refractivity contribution in [3.8, 4) is 0 Å². The summed E-state index contributed by atoms with van der Waals surface area (Å²) < 4.78 is 5.86. The number of hydrogen-bond acceptors (Lipinski definition) is 5. The van der Waals surface area contributed by atoms with E-state index in [-0.39, 0.29) is 16.8 Å². The topological polar surface area (TPSA) is 87.8 Å². The fraction of sp³-hybridized carbons (Fsp3) is 0.348. The lowest BCUT2D eigenvalue weighted by molar-refractivity contribution is -0.133. The van der Waals surface area contributed by atoms with Gasteiger partial charge in [0.15, 0.2) is 11.2 Å². The number of hydrogen-bond donors (Lipinski definition) is 1. The lowest BCUT2D eigenvalue weighted by Gasteiger charge is -2.37. The number of Topliss-reactive ketones (excluding diaryl/α,β-unsaturated/α-hetero) is 1. The molecule has 1 aromatic heterocycles. The van der Waals surface area contributed by atoms with E-state index < -0.39 is 11.9 Å². The largest absolute Gasteiger partial charge is 0.478 e. The van der Waals surface area contributed by atoms with Gasteiger partial charge in [-0.3, -0.25) is 9.59 Å². The minimum Gasteiger partial charge on any atom is -0.478 e. The average molecular weight is 395 g/mol. The first-order valence-electron chi connectivity index (χ1n) is 9.65. The molecule has 2 heterocycles. The summed E-state index contributed by atoms with van der Waals surface area (Å²) in [7, 11) is 0. The van der Waals surface area contributed by atoms with Crippen molar-refractivity contribution in [1.29, 1.82) is 0 Å². The molecular formula is C23H25NO5. The number of para-hydroxylation sites is 1. The Labute approximate surface area is 169 Å². The van der Waals surface area contributed by atoms with E-state index in [1.165, 1.54) is 13.0 Å². The van der Waals surface area contributed by atoms with Gasteiger partial charge in [-0.2, -0.15) is 0 Å². The zero-order valence-corrected chi connectivity index (χ0v) is 17.3. The minimum absolute atomic E-state index is 0.130. The molecule has 0 fully saturated rings. The van der Waals surface area contributed by atoms with E-state index >= 15 is 0 Å². The molecular weight excluding hydrogens is 370 g/mol. The van der Waals surface area contributed by atoms with Crippen LogP contribution in [0, 0.1) is 6.92 Å². The molecule has 0 radical (unpaired) electrons. The minimum atomic E-state index is -1.09. The molecule has 6 nitrogen and oxygen atoms in total. The molecule has 0 saturated carbocycles. The van der Waals surface area contributed by atoms with E-state index in [1.807, 2.05) is 18.7 Å². The number of rotatable bonds is 5. The Morgan fingerprint density at radius 2 is 1.79 bits per heavy atom. The van der Waals surface area contributed by atoms with Crippen LogP contribution >= 0.6 is 0 Å². The van der Waals surface area contributed by atoms with Gasteiger partial charge in [0.05, 0.1) is 16.9 Å². The molecule has 2 aromatic rings. The number of aryl methyl sites for hydroxylation is 1. The van der Waals surface area contributed by atoms with Crippen LogP contribution in [0.4, 0.5) is 0 Å². The summed E-state index contributed by atoms with van der Waals surface area (Å²) in [5, 5.41) is 10.5. The second kappa shape index (κ2) is 7.70. The van der Waals surface area contributed by atoms with E-state index in [0.29, 0.717) is 40.1 Å². The Hall–Kier alpha value is -3.15. The van der Waals surface area contributed by atoms with E-state index in [1.54, 1.807) is 32.0 Å². The summed E-state index contributed by atoms with van der Waals surface area (Å²) in [6, 6.07) is 6.49. The highest BCUT2D eigenvalue weighted by atomic mass is 16.4. The molecule has 0 saturated heterocycles. The smallest absolute Gasteiger partial charge is 0.334 e. The van der Waals surface area contributed by atoms with Gasteiger partial charge in [-0.25, -0.2) is 4.79 Å². The van der Waals surface area contributed by atoms with Gasteiger partial charge < -0.3 is 14.4 Å². The van der Waals surface area contributed by atoms with Crippen molar-refractivity contribution < 1.29 is 19.1 Å². The number of carbonyl (C=O) groups excluding carboxylic acids is 1. The maximum absolute atomic E-state index is 12.7. The molecule has 3 rings (SSSR count). The van der Waals surface area contributed by atoms with Crippen LogP contribution < -0.4 is 5.43 Å². The highest BCUT2D eigenvalue weighted by Gasteiger charge is 2.39. The van der Waals surface area contributed by atoms with Gasteiger partial charge in [0, 0.05) is 35.1 Å². The van der Waals surface area contributed by atoms with Crippen molar-refractivity contribution in [2.24, 2.45) is 0 Å². The summed E-state index contributed by atoms with van der Waals surface area (Å²) in [6.45, 7) is 9.34. The Bertz CT molecular complexity index is 1100. The Morgan fingerprint density at radius 1 is 1.14 bits per heavy atom. The van der Waals surface area contributed by atoms with Crippen LogP contribution in [-0.4, -0.2) is 28.3 Å². The number of carboxylic acid groups (broad SMARTS) is 1. The van der Waals surface area contributed by atoms with E-state index in [4.69, 9.17) is 4.42 Å². The number of carboxylic acids is 1. The molecule has 0 unspecified atom stereocenters. The maximum atomic E-state index is 12.7. The predicted molar refractivity (Wildman–Crippen MR) is 111 cm³/mol. The van der Waals surface area contributed by atoms with Gasteiger partial charge in [0.25, 0.3) is 0 Å². The number of carbonyl (C=O) groups is 2. The molecule has 1 N–H and O–H groups in total. The first kappa shape index (κ1) is 20.6. The monoisotopic (exact) mass is 395 g/mol. The zero-order valence-electron chi connectivity index (χ0n) is 17.3. The molecule has 0 spiro atoms. The third-order valence-electron chi connectivity index (χ3n) is 5.44. The van der Waals surface area contributed by atoms with E-state index in [2.05, 4.69) is 0 Å². The van der Waals surface area contributed by atoms with E-state index in [0.717, 1.165) is 12.1 Å². The number of aliphatic carboxylic acids is 1. The molecule has 152 valence electrons. The van der Waals surface area contributed by atoms with Gasteiger partial charge >= 0.3 is 5.97 Å². The third kappa shape index (κ3) is 3.39. The molecule has 1 aliphatic rings. The summed E-state index contributed by atoms with van der Waals surface area (Å²) >= 11 is 0. The average Bonchev–Trinajstić information content (AvgIpc) is 2.63.